The molecule has 5 atom stereocenters. The van der Waals surface area contributed by atoms with Crippen LogP contribution < -0.4 is 0 Å². The highest BCUT2D eigenvalue weighted by Crippen LogP contribution is 2.54. The van der Waals surface area contributed by atoms with Gasteiger partial charge in [0.05, 0.1) is 11.3 Å². The van der Waals surface area contributed by atoms with E-state index in [1.165, 1.54) is 6.92 Å². The van der Waals surface area contributed by atoms with Crippen molar-refractivity contribution in [1.29, 1.82) is 0 Å². The summed E-state index contributed by atoms with van der Waals surface area (Å²) in [5.41, 5.74) is 0.383. The van der Waals surface area contributed by atoms with Crippen LogP contribution in [0.4, 0.5) is 0 Å². The zero-order chi connectivity index (χ0) is 16.2. The molecule has 0 aromatic rings. The molecule has 22 heavy (non-hydrogen) atoms. The molecule has 2 fully saturated rings. The standard InChI is InChI=1S/C17H20O5/c1-8-7-12-14(9(2)16(20)22-12)15(21-10(3)18)17(4)11(8)5-6-13(17)19/h5,8,12,14-15H,2,6-7H2,1,3-4H3. The normalized spacial score (nSPS) is 40.5. The van der Waals surface area contributed by atoms with Crippen molar-refractivity contribution in [3.8, 4) is 0 Å². The Labute approximate surface area is 129 Å². The maximum atomic E-state index is 12.6. The number of ketones is 1. The van der Waals surface area contributed by atoms with Crippen LogP contribution in [-0.4, -0.2) is 29.9 Å². The van der Waals surface area contributed by atoms with Gasteiger partial charge in [-0.05, 0) is 19.3 Å². The van der Waals surface area contributed by atoms with E-state index in [1.54, 1.807) is 0 Å². The summed E-state index contributed by atoms with van der Waals surface area (Å²) in [6.07, 6.45) is 1.76. The molecule has 1 saturated heterocycles. The number of carbonyl (C=O) groups is 3. The molecule has 2 aliphatic carbocycles. The van der Waals surface area contributed by atoms with Crippen molar-refractivity contribution >= 4 is 17.7 Å². The first-order valence-corrected chi connectivity index (χ1v) is 7.57. The lowest BCUT2D eigenvalue weighted by molar-refractivity contribution is -0.158. The number of rotatable bonds is 1. The van der Waals surface area contributed by atoms with Crippen molar-refractivity contribution in [3.63, 3.8) is 0 Å². The average Bonchev–Trinajstić information content (AvgIpc) is 2.84. The van der Waals surface area contributed by atoms with E-state index in [0.717, 1.165) is 5.57 Å². The second-order valence-electron chi connectivity index (χ2n) is 6.65. The van der Waals surface area contributed by atoms with Crippen LogP contribution in [0.1, 0.15) is 33.6 Å². The summed E-state index contributed by atoms with van der Waals surface area (Å²) < 4.78 is 11.0. The van der Waals surface area contributed by atoms with Gasteiger partial charge >= 0.3 is 11.9 Å². The van der Waals surface area contributed by atoms with Crippen LogP contribution in [0.5, 0.6) is 0 Å². The molecule has 5 unspecified atom stereocenters. The molecule has 1 aliphatic heterocycles. The molecule has 0 aromatic heterocycles. The molecule has 3 aliphatic rings. The van der Waals surface area contributed by atoms with Crippen molar-refractivity contribution in [2.24, 2.45) is 17.3 Å². The summed E-state index contributed by atoms with van der Waals surface area (Å²) >= 11 is 0. The summed E-state index contributed by atoms with van der Waals surface area (Å²) in [6.45, 7) is 8.97. The van der Waals surface area contributed by atoms with Gasteiger partial charge < -0.3 is 9.47 Å². The summed E-state index contributed by atoms with van der Waals surface area (Å²) in [7, 11) is 0. The van der Waals surface area contributed by atoms with Crippen LogP contribution in [-0.2, 0) is 23.9 Å². The second kappa shape index (κ2) is 4.80. The fourth-order valence-corrected chi connectivity index (χ4v) is 4.25. The largest absolute Gasteiger partial charge is 0.460 e. The fourth-order valence-electron chi connectivity index (χ4n) is 4.25. The topological polar surface area (TPSA) is 69.7 Å². The third-order valence-corrected chi connectivity index (χ3v) is 5.31. The van der Waals surface area contributed by atoms with E-state index < -0.39 is 35.5 Å². The number of fused-ring (bicyclic) bond motifs is 2. The monoisotopic (exact) mass is 304 g/mol. The van der Waals surface area contributed by atoms with Gasteiger partial charge in [-0.3, -0.25) is 9.59 Å². The zero-order valence-corrected chi connectivity index (χ0v) is 13.0. The molecule has 0 bridgehead atoms. The van der Waals surface area contributed by atoms with E-state index in [4.69, 9.17) is 9.47 Å². The van der Waals surface area contributed by atoms with Crippen LogP contribution >= 0.6 is 0 Å². The minimum atomic E-state index is -0.901. The zero-order valence-electron chi connectivity index (χ0n) is 13.0. The molecular formula is C17H20O5. The summed E-state index contributed by atoms with van der Waals surface area (Å²) in [5.74, 6) is -1.28. The molecule has 0 N–H and O–H groups in total. The van der Waals surface area contributed by atoms with Gasteiger partial charge in [-0.1, -0.05) is 25.2 Å². The van der Waals surface area contributed by atoms with Crippen LogP contribution in [0.15, 0.2) is 23.8 Å². The third-order valence-electron chi connectivity index (χ3n) is 5.31. The Morgan fingerprint density at radius 1 is 1.45 bits per heavy atom. The van der Waals surface area contributed by atoms with E-state index in [-0.39, 0.29) is 11.7 Å². The molecule has 5 nitrogen and oxygen atoms in total. The van der Waals surface area contributed by atoms with Gasteiger partial charge in [-0.2, -0.15) is 0 Å². The van der Waals surface area contributed by atoms with Crippen molar-refractivity contribution in [1.82, 2.24) is 0 Å². The van der Waals surface area contributed by atoms with Gasteiger partial charge in [0.15, 0.2) is 0 Å². The Hall–Kier alpha value is -1.91. The third kappa shape index (κ3) is 1.87. The Bertz CT molecular complexity index is 617. The minimum Gasteiger partial charge on any atom is -0.460 e. The molecule has 0 amide bonds. The first kappa shape index (κ1) is 15.0. The highest BCUT2D eigenvalue weighted by atomic mass is 16.6. The van der Waals surface area contributed by atoms with Crippen molar-refractivity contribution in [3.05, 3.63) is 23.8 Å². The second-order valence-corrected chi connectivity index (χ2v) is 6.65. The van der Waals surface area contributed by atoms with Crippen LogP contribution in [0, 0.1) is 17.3 Å². The minimum absolute atomic E-state index is 0.0217. The number of carbonyl (C=O) groups excluding carboxylic acids is 3. The van der Waals surface area contributed by atoms with Gasteiger partial charge in [0.25, 0.3) is 0 Å². The molecule has 1 heterocycles. The Morgan fingerprint density at radius 3 is 2.77 bits per heavy atom. The van der Waals surface area contributed by atoms with Gasteiger partial charge in [0.1, 0.15) is 18.0 Å². The van der Waals surface area contributed by atoms with Gasteiger partial charge in [-0.15, -0.1) is 0 Å². The quantitative estimate of drug-likeness (QED) is 0.421. The van der Waals surface area contributed by atoms with Crippen LogP contribution in [0.2, 0.25) is 0 Å². The van der Waals surface area contributed by atoms with E-state index in [2.05, 4.69) is 6.58 Å². The highest BCUT2D eigenvalue weighted by molar-refractivity contribution is 5.95. The predicted octanol–water partition coefficient (Wildman–Crippen LogP) is 1.96. The van der Waals surface area contributed by atoms with Gasteiger partial charge in [-0.25, -0.2) is 4.79 Å². The number of ether oxygens (including phenoxy) is 2. The van der Waals surface area contributed by atoms with E-state index in [1.807, 2.05) is 19.9 Å². The fraction of sp³-hybridized carbons (Fsp3) is 0.588. The number of hydrogen-bond donors (Lipinski definition) is 0. The molecule has 118 valence electrons. The van der Waals surface area contributed by atoms with Crippen molar-refractivity contribution < 1.29 is 23.9 Å². The van der Waals surface area contributed by atoms with Gasteiger partial charge in [0.2, 0.25) is 0 Å². The van der Waals surface area contributed by atoms with Crippen molar-refractivity contribution in [2.75, 3.05) is 0 Å². The van der Waals surface area contributed by atoms with Crippen molar-refractivity contribution in [2.45, 2.75) is 45.8 Å². The molecule has 0 spiro atoms. The maximum Gasteiger partial charge on any atom is 0.334 e. The molecule has 5 heteroatoms. The number of Topliss-reactive ketones (excluding diaryl/α,β-unsaturated/α-hetero) is 1. The lowest BCUT2D eigenvalue weighted by Crippen LogP contribution is -2.47. The summed E-state index contributed by atoms with van der Waals surface area (Å²) in [4.78, 5) is 36.1. The SMILES string of the molecule is C=C1C(=O)OC2CC(C)C3=CCC(=O)C3(C)C(OC(C)=O)C12. The van der Waals surface area contributed by atoms with E-state index in [0.29, 0.717) is 18.4 Å². The summed E-state index contributed by atoms with van der Waals surface area (Å²) in [6, 6.07) is 0. The van der Waals surface area contributed by atoms with E-state index >= 15 is 0 Å². The molecule has 1 saturated carbocycles. The first-order valence-electron chi connectivity index (χ1n) is 7.57. The molecule has 0 aromatic carbocycles. The molecule has 0 radical (unpaired) electrons. The smallest absolute Gasteiger partial charge is 0.334 e. The Kier molecular flexibility index (Phi) is 3.27. The highest BCUT2D eigenvalue weighted by Gasteiger charge is 2.60. The first-order chi connectivity index (χ1) is 10.3. The van der Waals surface area contributed by atoms with Gasteiger partial charge in [0, 0.05) is 18.9 Å². The predicted molar refractivity (Wildman–Crippen MR) is 77.7 cm³/mol. The molecule has 3 rings (SSSR count). The maximum absolute atomic E-state index is 12.6. The Balaban J connectivity index is 2.14. The lowest BCUT2D eigenvalue weighted by atomic mass is 9.70. The summed E-state index contributed by atoms with van der Waals surface area (Å²) in [5, 5.41) is 0. The van der Waals surface area contributed by atoms with Crippen LogP contribution in [0.3, 0.4) is 0 Å². The number of hydrogen-bond acceptors (Lipinski definition) is 5. The average molecular weight is 304 g/mol. The lowest BCUT2D eigenvalue weighted by Gasteiger charge is -2.37. The number of esters is 2. The molecular weight excluding hydrogens is 284 g/mol. The number of allylic oxidation sites excluding steroid dienone is 1. The van der Waals surface area contributed by atoms with E-state index in [9.17, 15) is 14.4 Å². The Morgan fingerprint density at radius 2 is 2.14 bits per heavy atom. The van der Waals surface area contributed by atoms with Crippen LogP contribution in [0.25, 0.3) is 0 Å².